The molecule has 4 rings (SSSR count). The van der Waals surface area contributed by atoms with Gasteiger partial charge in [0.1, 0.15) is 18.4 Å². The molecule has 1 aliphatic rings. The molecule has 226 valence electrons. The van der Waals surface area contributed by atoms with E-state index in [4.69, 9.17) is 19.7 Å². The van der Waals surface area contributed by atoms with Gasteiger partial charge >= 0.3 is 18.0 Å². The number of aliphatic carboxylic acids is 2. The SMILES string of the molecule is Cc1cccc(OCCCC(=O)N2CCCc3c(-c4cccc(COC(=O)N[C@@H](CC(=O)O)C(=O)O)c4)cccc32)c1C. The molecule has 0 saturated heterocycles. The van der Waals surface area contributed by atoms with E-state index < -0.39 is 30.5 Å². The number of benzene rings is 3. The molecule has 0 bridgehead atoms. The number of hydrogen-bond acceptors (Lipinski definition) is 6. The number of carboxylic acids is 2. The highest BCUT2D eigenvalue weighted by Gasteiger charge is 2.25. The smallest absolute Gasteiger partial charge is 0.408 e. The van der Waals surface area contributed by atoms with Crippen LogP contribution in [0.2, 0.25) is 0 Å². The molecule has 2 amide bonds. The molecule has 3 aromatic carbocycles. The van der Waals surface area contributed by atoms with Gasteiger partial charge in [-0.2, -0.15) is 0 Å². The van der Waals surface area contributed by atoms with Crippen LogP contribution < -0.4 is 15.0 Å². The highest BCUT2D eigenvalue weighted by molar-refractivity contribution is 5.96. The Morgan fingerprint density at radius 3 is 2.53 bits per heavy atom. The number of ether oxygens (including phenoxy) is 2. The van der Waals surface area contributed by atoms with E-state index in [0.29, 0.717) is 31.6 Å². The fourth-order valence-corrected chi connectivity index (χ4v) is 5.11. The first kappa shape index (κ1) is 31.1. The number of carbonyl (C=O) groups is 4. The molecule has 0 aromatic heterocycles. The van der Waals surface area contributed by atoms with Crippen LogP contribution in [0.1, 0.15) is 47.9 Å². The van der Waals surface area contributed by atoms with Gasteiger partial charge in [0.15, 0.2) is 0 Å². The predicted octanol–water partition coefficient (Wildman–Crippen LogP) is 5.26. The average molecular weight is 589 g/mol. The molecular weight excluding hydrogens is 552 g/mol. The molecule has 1 atom stereocenters. The van der Waals surface area contributed by atoms with E-state index in [1.807, 2.05) is 73.3 Å². The van der Waals surface area contributed by atoms with Gasteiger partial charge < -0.3 is 29.9 Å². The molecule has 43 heavy (non-hydrogen) atoms. The van der Waals surface area contributed by atoms with E-state index in [1.54, 1.807) is 6.07 Å². The van der Waals surface area contributed by atoms with E-state index in [9.17, 15) is 19.2 Å². The Balaban J connectivity index is 1.39. The van der Waals surface area contributed by atoms with E-state index in [2.05, 4.69) is 5.32 Å². The molecule has 0 radical (unpaired) electrons. The van der Waals surface area contributed by atoms with Crippen LogP contribution in [0.5, 0.6) is 5.75 Å². The maximum Gasteiger partial charge on any atom is 0.408 e. The first-order valence-electron chi connectivity index (χ1n) is 14.2. The molecule has 0 saturated carbocycles. The molecule has 0 spiro atoms. The van der Waals surface area contributed by atoms with Crippen LogP contribution in [-0.4, -0.2) is 53.3 Å². The number of hydrogen-bond donors (Lipinski definition) is 3. The van der Waals surface area contributed by atoms with Gasteiger partial charge in [-0.25, -0.2) is 9.59 Å². The van der Waals surface area contributed by atoms with Crippen molar-refractivity contribution in [2.45, 2.75) is 58.6 Å². The summed E-state index contributed by atoms with van der Waals surface area (Å²) in [6, 6.07) is 17.7. The van der Waals surface area contributed by atoms with Crippen molar-refractivity contribution in [3.63, 3.8) is 0 Å². The van der Waals surface area contributed by atoms with Gasteiger partial charge in [-0.15, -0.1) is 0 Å². The van der Waals surface area contributed by atoms with Crippen molar-refractivity contribution >= 4 is 29.6 Å². The standard InChI is InChI=1S/C33H36N2O8/c1-21-8-3-14-29(22(21)2)42-17-7-15-30(36)35-16-6-12-26-25(11-5-13-28(26)35)24-10-4-9-23(18-24)20-43-33(41)34-27(32(39)40)19-31(37)38/h3-5,8-11,13-14,18,27H,6-7,12,15-17,19-20H2,1-2H3,(H,34,41)(H,37,38)(H,39,40)/t27-/m0/s1. The molecule has 0 unspecified atom stereocenters. The summed E-state index contributed by atoms with van der Waals surface area (Å²) in [5.41, 5.74) is 6.78. The van der Waals surface area contributed by atoms with Crippen LogP contribution >= 0.6 is 0 Å². The molecule has 10 nitrogen and oxygen atoms in total. The minimum Gasteiger partial charge on any atom is -0.493 e. The Morgan fingerprint density at radius 2 is 1.77 bits per heavy atom. The highest BCUT2D eigenvalue weighted by Crippen LogP contribution is 2.36. The minimum absolute atomic E-state index is 0.0541. The molecule has 3 aromatic rings. The summed E-state index contributed by atoms with van der Waals surface area (Å²) in [6.45, 7) is 5.04. The summed E-state index contributed by atoms with van der Waals surface area (Å²) in [6.07, 6.45) is 0.840. The number of alkyl carbamates (subject to hydrolysis) is 1. The Hall–Kier alpha value is -4.86. The van der Waals surface area contributed by atoms with Crippen molar-refractivity contribution in [3.05, 3.63) is 82.9 Å². The third-order valence-corrected chi connectivity index (χ3v) is 7.48. The normalized spacial score (nSPS) is 13.0. The molecule has 10 heteroatoms. The monoisotopic (exact) mass is 588 g/mol. The number of rotatable bonds is 12. The Morgan fingerprint density at radius 1 is 1.00 bits per heavy atom. The summed E-state index contributed by atoms with van der Waals surface area (Å²) in [5, 5.41) is 20.0. The van der Waals surface area contributed by atoms with E-state index in [1.165, 1.54) is 5.56 Å². The van der Waals surface area contributed by atoms with Crippen molar-refractivity contribution in [2.75, 3.05) is 18.1 Å². The first-order chi connectivity index (χ1) is 20.6. The number of anilines is 1. The topological polar surface area (TPSA) is 142 Å². The third-order valence-electron chi connectivity index (χ3n) is 7.48. The largest absolute Gasteiger partial charge is 0.493 e. The second-order valence-corrected chi connectivity index (χ2v) is 10.5. The van der Waals surface area contributed by atoms with Gasteiger partial charge in [0.05, 0.1) is 13.0 Å². The second kappa shape index (κ2) is 14.4. The number of carboxylic acid groups (broad SMARTS) is 2. The zero-order valence-corrected chi connectivity index (χ0v) is 24.3. The fraction of sp³-hybridized carbons (Fsp3) is 0.333. The van der Waals surface area contributed by atoms with E-state index in [0.717, 1.165) is 46.5 Å². The van der Waals surface area contributed by atoms with Gasteiger partial charge in [0.25, 0.3) is 0 Å². The molecule has 3 N–H and O–H groups in total. The predicted molar refractivity (Wildman–Crippen MR) is 160 cm³/mol. The van der Waals surface area contributed by atoms with Crippen molar-refractivity contribution in [1.82, 2.24) is 5.32 Å². The van der Waals surface area contributed by atoms with E-state index >= 15 is 0 Å². The van der Waals surface area contributed by atoms with Crippen LogP contribution in [0.25, 0.3) is 11.1 Å². The minimum atomic E-state index is -1.59. The molecule has 1 heterocycles. The fourth-order valence-electron chi connectivity index (χ4n) is 5.11. The van der Waals surface area contributed by atoms with E-state index in [-0.39, 0.29) is 12.5 Å². The van der Waals surface area contributed by atoms with Crippen LogP contribution in [0.4, 0.5) is 10.5 Å². The lowest BCUT2D eigenvalue weighted by Gasteiger charge is -2.31. The van der Waals surface area contributed by atoms with Crippen molar-refractivity contribution in [3.8, 4) is 16.9 Å². The number of amides is 2. The summed E-state index contributed by atoms with van der Waals surface area (Å²) < 4.78 is 11.1. The van der Waals surface area contributed by atoms with Crippen molar-refractivity contribution < 1.29 is 38.9 Å². The lowest BCUT2D eigenvalue weighted by molar-refractivity contribution is -0.145. The third kappa shape index (κ3) is 8.12. The maximum absolute atomic E-state index is 13.3. The summed E-state index contributed by atoms with van der Waals surface area (Å²) in [7, 11) is 0. The second-order valence-electron chi connectivity index (χ2n) is 10.5. The maximum atomic E-state index is 13.3. The van der Waals surface area contributed by atoms with Crippen LogP contribution in [0.3, 0.4) is 0 Å². The van der Waals surface area contributed by atoms with Crippen LogP contribution in [-0.2, 0) is 32.1 Å². The summed E-state index contributed by atoms with van der Waals surface area (Å²) in [5.74, 6) is -1.92. The quantitative estimate of drug-likeness (QED) is 0.243. The number of carbonyl (C=O) groups excluding carboxylic acids is 2. The number of nitrogens with one attached hydrogen (secondary N) is 1. The molecule has 0 aliphatic carbocycles. The number of fused-ring (bicyclic) bond motifs is 1. The van der Waals surface area contributed by atoms with Crippen LogP contribution in [0, 0.1) is 13.8 Å². The van der Waals surface area contributed by atoms with Crippen molar-refractivity contribution in [1.29, 1.82) is 0 Å². The molecule has 0 fully saturated rings. The average Bonchev–Trinajstić information content (AvgIpc) is 2.99. The summed E-state index contributed by atoms with van der Waals surface area (Å²) in [4.78, 5) is 49.3. The van der Waals surface area contributed by atoms with Gasteiger partial charge in [-0.3, -0.25) is 9.59 Å². The van der Waals surface area contributed by atoms with Gasteiger partial charge in [0.2, 0.25) is 5.91 Å². The van der Waals surface area contributed by atoms with Crippen molar-refractivity contribution in [2.24, 2.45) is 0 Å². The van der Waals surface area contributed by atoms with Crippen LogP contribution in [0.15, 0.2) is 60.7 Å². The lowest BCUT2D eigenvalue weighted by Crippen LogP contribution is -2.42. The Labute approximate surface area is 250 Å². The Kier molecular flexibility index (Phi) is 10.4. The van der Waals surface area contributed by atoms with Gasteiger partial charge in [-0.1, -0.05) is 42.5 Å². The van der Waals surface area contributed by atoms with Gasteiger partial charge in [0, 0.05) is 18.7 Å². The highest BCUT2D eigenvalue weighted by atomic mass is 16.5. The number of nitrogens with zero attached hydrogens (tertiary/aromatic N) is 1. The Bertz CT molecular complexity index is 1500. The first-order valence-corrected chi connectivity index (χ1v) is 14.2. The molecular formula is C33H36N2O8. The number of aryl methyl sites for hydroxylation is 1. The van der Waals surface area contributed by atoms with Gasteiger partial charge in [-0.05, 0) is 84.7 Å². The molecule has 1 aliphatic heterocycles. The zero-order valence-electron chi connectivity index (χ0n) is 24.3. The zero-order chi connectivity index (χ0) is 30.9. The lowest BCUT2D eigenvalue weighted by atomic mass is 9.91. The summed E-state index contributed by atoms with van der Waals surface area (Å²) >= 11 is 0.